The molecule has 10 unspecified atom stereocenters. The third-order valence-electron chi connectivity index (χ3n) is 10.7. The number of nitrogens with zero attached hydrogens (tertiary/aromatic N) is 2. The SMILES string of the molecule is NCC1OC(OC(C(NCCCC(=O)NCc2ccc(N3CCC(Oc4ccc(OC(F)(F)F)cc4)CC3)cc2)C(N)=O)C2OC(n3ccc(=O)[nH]c3=O)C(O)C2O)C(O)C1O. The van der Waals surface area contributed by atoms with Crippen LogP contribution in [-0.4, -0.2) is 135 Å². The molecule has 23 heteroatoms. The second-order valence-electron chi connectivity index (χ2n) is 15.1. The maximum Gasteiger partial charge on any atom is 0.573 e. The van der Waals surface area contributed by atoms with Crippen molar-refractivity contribution in [3.05, 3.63) is 87.2 Å². The van der Waals surface area contributed by atoms with Crippen molar-refractivity contribution in [3.63, 3.8) is 0 Å². The minimum absolute atomic E-state index is 0.00315. The van der Waals surface area contributed by atoms with Gasteiger partial charge in [-0.05, 0) is 54.9 Å². The molecular weight excluding hydrogens is 831 g/mol. The summed E-state index contributed by atoms with van der Waals surface area (Å²) in [5, 5.41) is 48.7. The van der Waals surface area contributed by atoms with Crippen molar-refractivity contribution in [2.24, 2.45) is 11.5 Å². The summed E-state index contributed by atoms with van der Waals surface area (Å²) in [5.41, 5.74) is 11.5. The van der Waals surface area contributed by atoms with E-state index < -0.39 is 84.8 Å². The van der Waals surface area contributed by atoms with Gasteiger partial charge < -0.3 is 71.1 Å². The number of aromatic nitrogens is 2. The zero-order chi connectivity index (χ0) is 44.7. The Balaban J connectivity index is 0.983. The maximum absolute atomic E-state index is 12.9. The number of ether oxygens (including phenoxy) is 5. The highest BCUT2D eigenvalue weighted by Gasteiger charge is 2.53. The summed E-state index contributed by atoms with van der Waals surface area (Å²) in [6, 6.07) is 12.4. The topological polar surface area (TPSA) is 295 Å². The lowest BCUT2D eigenvalue weighted by Gasteiger charge is -2.34. The largest absolute Gasteiger partial charge is 0.573 e. The fraction of sp³-hybridized carbons (Fsp3) is 0.538. The van der Waals surface area contributed by atoms with Crippen LogP contribution in [0.4, 0.5) is 18.9 Å². The van der Waals surface area contributed by atoms with Gasteiger partial charge in [0.2, 0.25) is 11.8 Å². The number of rotatable bonds is 18. The van der Waals surface area contributed by atoms with E-state index in [-0.39, 0.29) is 50.2 Å². The highest BCUT2D eigenvalue weighted by molar-refractivity contribution is 5.80. The molecule has 340 valence electrons. The first-order valence-electron chi connectivity index (χ1n) is 19.9. The van der Waals surface area contributed by atoms with Crippen LogP contribution in [0, 0.1) is 0 Å². The third-order valence-corrected chi connectivity index (χ3v) is 10.7. The average Bonchev–Trinajstić information content (AvgIpc) is 3.68. The van der Waals surface area contributed by atoms with Gasteiger partial charge in [0, 0.05) is 63.4 Å². The molecule has 10 atom stereocenters. The lowest BCUT2D eigenvalue weighted by atomic mass is 9.98. The van der Waals surface area contributed by atoms with Gasteiger partial charge in [-0.2, -0.15) is 0 Å². The van der Waals surface area contributed by atoms with Crippen LogP contribution in [0.5, 0.6) is 11.5 Å². The average molecular weight is 882 g/mol. The zero-order valence-electron chi connectivity index (χ0n) is 33.1. The Kier molecular flexibility index (Phi) is 15.3. The zero-order valence-corrected chi connectivity index (χ0v) is 33.1. The van der Waals surface area contributed by atoms with Gasteiger partial charge in [0.15, 0.2) is 12.5 Å². The number of H-pyrrole nitrogens is 1. The Morgan fingerprint density at radius 2 is 1.60 bits per heavy atom. The number of primary amides is 1. The summed E-state index contributed by atoms with van der Waals surface area (Å²) in [6.45, 7) is 1.40. The molecule has 0 radical (unpaired) electrons. The van der Waals surface area contributed by atoms with Crippen LogP contribution in [0.2, 0.25) is 0 Å². The number of benzene rings is 2. The van der Waals surface area contributed by atoms with E-state index >= 15 is 0 Å². The molecule has 0 saturated carbocycles. The highest BCUT2D eigenvalue weighted by atomic mass is 19.4. The number of amides is 2. The lowest BCUT2D eigenvalue weighted by molar-refractivity contribution is -0.274. The fourth-order valence-corrected chi connectivity index (χ4v) is 7.48. The molecule has 3 aromatic rings. The molecule has 0 spiro atoms. The summed E-state index contributed by atoms with van der Waals surface area (Å²) in [7, 11) is 0. The number of alkyl halides is 3. The number of hydrogen-bond acceptors (Lipinski definition) is 16. The Hall–Kier alpha value is -5.11. The monoisotopic (exact) mass is 881 g/mol. The number of aliphatic hydroxyl groups is 4. The number of hydrogen-bond donors (Lipinski definition) is 9. The van der Waals surface area contributed by atoms with Gasteiger partial charge in [-0.3, -0.25) is 23.9 Å². The second kappa shape index (κ2) is 20.4. The molecule has 62 heavy (non-hydrogen) atoms. The van der Waals surface area contributed by atoms with E-state index in [2.05, 4.69) is 20.3 Å². The van der Waals surface area contributed by atoms with Crippen LogP contribution in [0.15, 0.2) is 70.4 Å². The van der Waals surface area contributed by atoms with E-state index in [4.69, 9.17) is 30.4 Å². The van der Waals surface area contributed by atoms with Gasteiger partial charge in [-0.25, -0.2) is 4.79 Å². The normalized spacial score (nSPS) is 26.5. The third kappa shape index (κ3) is 11.7. The molecule has 4 heterocycles. The fourth-order valence-electron chi connectivity index (χ4n) is 7.48. The molecule has 3 aliphatic rings. The molecule has 0 aliphatic carbocycles. The molecule has 2 amide bonds. The van der Waals surface area contributed by atoms with E-state index in [1.54, 1.807) is 0 Å². The minimum Gasteiger partial charge on any atom is -0.490 e. The van der Waals surface area contributed by atoms with Crippen molar-refractivity contribution in [2.75, 3.05) is 31.1 Å². The lowest BCUT2D eigenvalue weighted by Crippen LogP contribution is -2.59. The van der Waals surface area contributed by atoms with Crippen LogP contribution in [-0.2, 0) is 30.3 Å². The molecule has 0 bridgehead atoms. The predicted octanol–water partition coefficient (Wildman–Crippen LogP) is -1.57. The van der Waals surface area contributed by atoms with Gasteiger partial charge in [0.1, 0.15) is 66.4 Å². The first kappa shape index (κ1) is 46.4. The first-order valence-corrected chi connectivity index (χ1v) is 19.9. The van der Waals surface area contributed by atoms with E-state index in [0.29, 0.717) is 31.7 Å². The van der Waals surface area contributed by atoms with Crippen molar-refractivity contribution in [1.29, 1.82) is 0 Å². The van der Waals surface area contributed by atoms with Crippen LogP contribution in [0.1, 0.15) is 37.5 Å². The molecule has 1 aromatic heterocycles. The van der Waals surface area contributed by atoms with Gasteiger partial charge in [-0.15, -0.1) is 13.2 Å². The van der Waals surface area contributed by atoms with Gasteiger partial charge in [0.05, 0.1) is 0 Å². The Morgan fingerprint density at radius 3 is 2.21 bits per heavy atom. The van der Waals surface area contributed by atoms with Crippen molar-refractivity contribution in [3.8, 4) is 11.5 Å². The summed E-state index contributed by atoms with van der Waals surface area (Å²) >= 11 is 0. The number of piperidine rings is 1. The Morgan fingerprint density at radius 1 is 0.919 bits per heavy atom. The molecular formula is C39H50F3N7O13. The van der Waals surface area contributed by atoms with Crippen molar-refractivity contribution < 1.29 is 66.9 Å². The van der Waals surface area contributed by atoms with E-state index in [1.165, 1.54) is 24.3 Å². The number of nitrogens with two attached hydrogens (primary N) is 2. The quantitative estimate of drug-likeness (QED) is 0.0653. The molecule has 3 saturated heterocycles. The maximum atomic E-state index is 12.9. The summed E-state index contributed by atoms with van der Waals surface area (Å²) < 4.78 is 65.3. The minimum atomic E-state index is -4.77. The Labute approximate surface area is 351 Å². The molecule has 20 nitrogen and oxygen atoms in total. The summed E-state index contributed by atoms with van der Waals surface area (Å²) in [5.74, 6) is -1.20. The number of aromatic amines is 1. The number of nitrogens with one attached hydrogen (secondary N) is 3. The molecule has 11 N–H and O–H groups in total. The van der Waals surface area contributed by atoms with E-state index in [9.17, 15) is 52.8 Å². The standard InChI is InChI=1S/C39H50F3N7O13/c40-39(41,42)62-24-9-7-22(8-10-24)58-23-11-15-48(16-12-23)21-5-3-20(4-6-21)19-46-26(50)2-1-14-45-28(35(44)56)33(61-37-32(55)29(52)25(18-43)59-37)34-30(53)31(54)36(60-34)49-17-13-27(51)47-38(49)57/h3-10,13,17,23,25,28-34,36-37,45,52-55H,1-2,11-12,14-16,18-19,43H2,(H2,44,56)(H,46,50)(H,47,51,57). The van der Waals surface area contributed by atoms with E-state index in [1.807, 2.05) is 29.2 Å². The smallest absolute Gasteiger partial charge is 0.490 e. The molecule has 2 aromatic carbocycles. The van der Waals surface area contributed by atoms with Gasteiger partial charge >= 0.3 is 12.1 Å². The number of halogens is 3. The van der Waals surface area contributed by atoms with Crippen LogP contribution in [0.25, 0.3) is 0 Å². The highest BCUT2D eigenvalue weighted by Crippen LogP contribution is 2.34. The van der Waals surface area contributed by atoms with Gasteiger partial charge in [-0.1, -0.05) is 12.1 Å². The van der Waals surface area contributed by atoms with Crippen LogP contribution < -0.4 is 47.7 Å². The first-order chi connectivity index (χ1) is 29.5. The Bertz CT molecular complexity index is 2070. The summed E-state index contributed by atoms with van der Waals surface area (Å²) in [4.78, 5) is 54.0. The number of aliphatic hydroxyl groups excluding tert-OH is 4. The van der Waals surface area contributed by atoms with Crippen molar-refractivity contribution in [1.82, 2.24) is 20.2 Å². The predicted molar refractivity (Wildman–Crippen MR) is 209 cm³/mol. The number of carbonyl (C=O) groups is 2. The summed E-state index contributed by atoms with van der Waals surface area (Å²) in [6.07, 6.45) is -16.5. The van der Waals surface area contributed by atoms with Crippen LogP contribution in [0.3, 0.4) is 0 Å². The van der Waals surface area contributed by atoms with Crippen LogP contribution >= 0.6 is 0 Å². The van der Waals surface area contributed by atoms with Crippen molar-refractivity contribution in [2.45, 2.75) is 106 Å². The van der Waals surface area contributed by atoms with Crippen molar-refractivity contribution >= 4 is 17.5 Å². The molecule has 3 fully saturated rings. The van der Waals surface area contributed by atoms with Gasteiger partial charge in [0.25, 0.3) is 5.56 Å². The molecule has 3 aliphatic heterocycles. The molecule has 6 rings (SSSR count). The number of carbonyl (C=O) groups excluding carboxylic acids is 2. The number of anilines is 1. The second-order valence-corrected chi connectivity index (χ2v) is 15.1. The van der Waals surface area contributed by atoms with E-state index in [0.717, 1.165) is 28.1 Å².